The molecule has 0 aliphatic rings. The zero-order chi connectivity index (χ0) is 12.2. The molecule has 4 heteroatoms. The second kappa shape index (κ2) is 4.79. The van der Waals surface area contributed by atoms with Crippen molar-refractivity contribution in [2.24, 2.45) is 0 Å². The Balaban J connectivity index is 1.75. The highest BCUT2D eigenvalue weighted by atomic mass is 15.1. The Morgan fingerprint density at radius 3 is 2.94 bits per heavy atom. The van der Waals surface area contributed by atoms with E-state index in [1.54, 1.807) is 6.20 Å². The normalized spacial score (nSPS) is 10.4. The summed E-state index contributed by atoms with van der Waals surface area (Å²) in [6, 6.07) is 12.3. The quantitative estimate of drug-likeness (QED) is 0.654. The zero-order valence-corrected chi connectivity index (χ0v) is 9.85. The van der Waals surface area contributed by atoms with Crippen molar-refractivity contribution in [3.63, 3.8) is 0 Å². The van der Waals surface area contributed by atoms with E-state index < -0.39 is 0 Å². The maximum atomic E-state index is 3.97. The second-order valence-electron chi connectivity index (χ2n) is 4.12. The van der Waals surface area contributed by atoms with Crippen LogP contribution in [0.4, 0.5) is 5.69 Å². The molecule has 0 saturated heterocycles. The number of nitrogens with one attached hydrogen (secondary N) is 3. The van der Waals surface area contributed by atoms with Gasteiger partial charge in [-0.1, -0.05) is 12.1 Å². The first-order valence-corrected chi connectivity index (χ1v) is 5.87. The Morgan fingerprint density at radius 2 is 2.17 bits per heavy atom. The maximum Gasteiger partial charge on any atom is 0.0650 e. The van der Waals surface area contributed by atoms with Crippen LogP contribution in [0.1, 0.15) is 5.56 Å². The summed E-state index contributed by atoms with van der Waals surface area (Å²) in [5.41, 5.74) is 4.50. The molecule has 3 aromatic rings. The lowest BCUT2D eigenvalue weighted by molar-refractivity contribution is 1.09. The minimum Gasteiger partial charge on any atom is -0.381 e. The van der Waals surface area contributed by atoms with Crippen molar-refractivity contribution < 1.29 is 0 Å². The maximum absolute atomic E-state index is 3.97. The molecule has 3 N–H and O–H groups in total. The third kappa shape index (κ3) is 2.27. The Hall–Kier alpha value is -2.49. The molecule has 0 radical (unpaired) electrons. The van der Waals surface area contributed by atoms with Gasteiger partial charge in [0.25, 0.3) is 0 Å². The van der Waals surface area contributed by atoms with Crippen molar-refractivity contribution in [1.29, 1.82) is 0 Å². The van der Waals surface area contributed by atoms with E-state index in [0.717, 1.165) is 23.5 Å². The Morgan fingerprint density at radius 1 is 1.17 bits per heavy atom. The van der Waals surface area contributed by atoms with Gasteiger partial charge in [-0.15, -0.1) is 0 Å². The van der Waals surface area contributed by atoms with Crippen molar-refractivity contribution in [2.75, 3.05) is 5.32 Å². The zero-order valence-electron chi connectivity index (χ0n) is 9.85. The molecule has 1 aromatic carbocycles. The largest absolute Gasteiger partial charge is 0.381 e. The summed E-state index contributed by atoms with van der Waals surface area (Å²) in [6.07, 6.45) is 5.68. The third-order valence-corrected chi connectivity index (χ3v) is 2.83. The molecule has 0 aliphatic carbocycles. The van der Waals surface area contributed by atoms with E-state index in [4.69, 9.17) is 0 Å². The standard InChI is InChI=1S/C14H14N4/c1-2-12(14-5-7-17-18-14)8-13(3-1)16-10-11-4-6-15-9-11/h1-9,15-16H,10H2,(H,17,18). The van der Waals surface area contributed by atoms with E-state index in [2.05, 4.69) is 44.8 Å². The van der Waals surface area contributed by atoms with E-state index in [9.17, 15) is 0 Å². The lowest BCUT2D eigenvalue weighted by atomic mass is 10.1. The highest BCUT2D eigenvalue weighted by Gasteiger charge is 2.00. The fourth-order valence-electron chi connectivity index (χ4n) is 1.89. The average molecular weight is 238 g/mol. The number of aromatic nitrogens is 3. The van der Waals surface area contributed by atoms with E-state index >= 15 is 0 Å². The van der Waals surface area contributed by atoms with Gasteiger partial charge in [-0.2, -0.15) is 5.10 Å². The molecule has 2 heterocycles. The van der Waals surface area contributed by atoms with E-state index in [-0.39, 0.29) is 0 Å². The highest BCUT2D eigenvalue weighted by Crippen LogP contribution is 2.20. The van der Waals surface area contributed by atoms with Gasteiger partial charge in [0.15, 0.2) is 0 Å². The molecule has 2 aromatic heterocycles. The van der Waals surface area contributed by atoms with Crippen molar-refractivity contribution in [1.82, 2.24) is 15.2 Å². The molecule has 90 valence electrons. The van der Waals surface area contributed by atoms with Crippen LogP contribution in [0.15, 0.2) is 55.0 Å². The van der Waals surface area contributed by atoms with Crippen molar-refractivity contribution in [2.45, 2.75) is 6.54 Å². The number of nitrogens with zero attached hydrogens (tertiary/aromatic N) is 1. The predicted octanol–water partition coefficient (Wildman–Crippen LogP) is 3.02. The molecule has 0 saturated carbocycles. The summed E-state index contributed by atoms with van der Waals surface area (Å²) in [7, 11) is 0. The molecular weight excluding hydrogens is 224 g/mol. The molecule has 0 unspecified atom stereocenters. The van der Waals surface area contributed by atoms with Gasteiger partial charge in [0, 0.05) is 36.4 Å². The van der Waals surface area contributed by atoms with Gasteiger partial charge in [0.05, 0.1) is 5.69 Å². The van der Waals surface area contributed by atoms with Crippen LogP contribution in [0.2, 0.25) is 0 Å². The number of aromatic amines is 2. The van der Waals surface area contributed by atoms with Crippen LogP contribution >= 0.6 is 0 Å². The SMILES string of the molecule is c1cc(NCc2cc[nH]c2)cc(-c2ccn[nH]2)c1. The van der Waals surface area contributed by atoms with Gasteiger partial charge in [0.2, 0.25) is 0 Å². The second-order valence-corrected chi connectivity index (χ2v) is 4.12. The number of H-pyrrole nitrogens is 2. The van der Waals surface area contributed by atoms with Crippen LogP contribution in [0.25, 0.3) is 11.3 Å². The van der Waals surface area contributed by atoms with Gasteiger partial charge in [0.1, 0.15) is 0 Å². The lowest BCUT2D eigenvalue weighted by Crippen LogP contribution is -1.98. The predicted molar refractivity (Wildman–Crippen MR) is 72.1 cm³/mol. The van der Waals surface area contributed by atoms with Crippen LogP contribution in [0, 0.1) is 0 Å². The number of rotatable bonds is 4. The first kappa shape index (κ1) is 10.7. The molecule has 18 heavy (non-hydrogen) atoms. The van der Waals surface area contributed by atoms with Crippen LogP contribution in [-0.4, -0.2) is 15.2 Å². The molecule has 0 aliphatic heterocycles. The summed E-state index contributed by atoms with van der Waals surface area (Å²) < 4.78 is 0. The van der Waals surface area contributed by atoms with Crippen molar-refractivity contribution >= 4 is 5.69 Å². The number of benzene rings is 1. The van der Waals surface area contributed by atoms with Gasteiger partial charge in [-0.25, -0.2) is 0 Å². The molecule has 4 nitrogen and oxygen atoms in total. The minimum absolute atomic E-state index is 0.815. The van der Waals surface area contributed by atoms with Gasteiger partial charge in [-0.3, -0.25) is 5.10 Å². The van der Waals surface area contributed by atoms with E-state index in [1.807, 2.05) is 24.5 Å². The summed E-state index contributed by atoms with van der Waals surface area (Å²) in [5.74, 6) is 0. The number of hydrogen-bond donors (Lipinski definition) is 3. The molecule has 0 amide bonds. The number of hydrogen-bond acceptors (Lipinski definition) is 2. The monoisotopic (exact) mass is 238 g/mol. The third-order valence-electron chi connectivity index (χ3n) is 2.83. The highest BCUT2D eigenvalue weighted by molar-refractivity contribution is 5.64. The van der Waals surface area contributed by atoms with E-state index in [0.29, 0.717) is 0 Å². The smallest absolute Gasteiger partial charge is 0.0650 e. The Kier molecular flexibility index (Phi) is 2.84. The van der Waals surface area contributed by atoms with Crippen LogP contribution in [0.5, 0.6) is 0 Å². The fourth-order valence-corrected chi connectivity index (χ4v) is 1.89. The fraction of sp³-hybridized carbons (Fsp3) is 0.0714. The Labute approximate surface area is 105 Å². The average Bonchev–Trinajstić information content (AvgIpc) is 3.10. The summed E-state index contributed by atoms with van der Waals surface area (Å²) >= 11 is 0. The minimum atomic E-state index is 0.815. The van der Waals surface area contributed by atoms with Gasteiger partial charge in [-0.05, 0) is 29.8 Å². The summed E-state index contributed by atoms with van der Waals surface area (Å²) in [6.45, 7) is 0.815. The number of anilines is 1. The molecule has 0 spiro atoms. The lowest BCUT2D eigenvalue weighted by Gasteiger charge is -2.06. The molecule has 0 fully saturated rings. The Bertz CT molecular complexity index is 597. The van der Waals surface area contributed by atoms with Crippen LogP contribution < -0.4 is 5.32 Å². The first-order valence-electron chi connectivity index (χ1n) is 5.87. The van der Waals surface area contributed by atoms with Gasteiger partial charge < -0.3 is 10.3 Å². The van der Waals surface area contributed by atoms with Crippen LogP contribution in [-0.2, 0) is 6.54 Å². The van der Waals surface area contributed by atoms with Crippen LogP contribution in [0.3, 0.4) is 0 Å². The topological polar surface area (TPSA) is 56.5 Å². The van der Waals surface area contributed by atoms with Crippen molar-refractivity contribution in [3.05, 3.63) is 60.6 Å². The van der Waals surface area contributed by atoms with Gasteiger partial charge >= 0.3 is 0 Å². The molecule has 0 bridgehead atoms. The first-order chi connectivity index (χ1) is 8.92. The molecule has 0 atom stereocenters. The molecule has 3 rings (SSSR count). The summed E-state index contributed by atoms with van der Waals surface area (Å²) in [5, 5.41) is 10.3. The molecular formula is C14H14N4. The van der Waals surface area contributed by atoms with Crippen molar-refractivity contribution in [3.8, 4) is 11.3 Å². The summed E-state index contributed by atoms with van der Waals surface area (Å²) in [4.78, 5) is 3.05. The van der Waals surface area contributed by atoms with E-state index in [1.165, 1.54) is 5.56 Å².